The Kier molecular flexibility index (Phi) is 9.54. The molecule has 2 saturated carbocycles. The van der Waals surface area contributed by atoms with Crippen LogP contribution in [0.15, 0.2) is 18.2 Å². The van der Waals surface area contributed by atoms with E-state index in [4.69, 9.17) is 30.6 Å². The average Bonchev–Trinajstić information content (AvgIpc) is 3.60. The zero-order valence-electron chi connectivity index (χ0n) is 27.2. The Balaban J connectivity index is 1.39. The van der Waals surface area contributed by atoms with Gasteiger partial charge < -0.3 is 0 Å². The van der Waals surface area contributed by atoms with Gasteiger partial charge in [0.1, 0.15) is 0 Å². The van der Waals surface area contributed by atoms with Gasteiger partial charge in [-0.3, -0.25) is 0 Å². The molecule has 2 aliphatic carbocycles. The van der Waals surface area contributed by atoms with Gasteiger partial charge in [-0.05, 0) is 0 Å². The number of benzene rings is 1. The molecular weight excluding hydrogens is 635 g/mol. The zero-order valence-corrected chi connectivity index (χ0v) is 28.2. The number of carbonyl (C=O) groups excluding carboxylic acids is 1. The number of aromatic nitrogens is 3. The number of carbonyl (C=O) groups is 1. The van der Waals surface area contributed by atoms with Crippen molar-refractivity contribution in [1.82, 2.24) is 18.5 Å². The summed E-state index contributed by atoms with van der Waals surface area (Å²) in [6, 6.07) is 5.59. The Morgan fingerprint density at radius 3 is 2.57 bits per heavy atom. The van der Waals surface area contributed by atoms with Crippen molar-refractivity contribution in [3.05, 3.63) is 35.2 Å². The van der Waals surface area contributed by atoms with Crippen LogP contribution in [0.3, 0.4) is 0 Å². The second-order valence-corrected chi connectivity index (χ2v) is 14.6. The average molecular weight is 680 g/mol. The van der Waals surface area contributed by atoms with Crippen LogP contribution in [0.25, 0.3) is 21.9 Å². The number of ether oxygens (including phenoxy) is 4. The zero-order chi connectivity index (χ0) is 32.6. The summed E-state index contributed by atoms with van der Waals surface area (Å²) in [5, 5.41) is 8.14. The SMILES string of the molecule is [C-]#[N+]c1c(C(=O)OC2C(C)CC(C)CC2C)c2[nH]c(-c3ccc(OC)c(NCOC4(CC)CC4)c3)nn2[c]1[Co](=[O])[N]1CCOCC1. The van der Waals surface area contributed by atoms with Crippen molar-refractivity contribution in [3.8, 4) is 17.1 Å². The van der Waals surface area contributed by atoms with Crippen molar-refractivity contribution in [2.24, 2.45) is 17.8 Å². The van der Waals surface area contributed by atoms with Crippen LogP contribution in [-0.2, 0) is 31.9 Å². The monoisotopic (exact) mass is 679 g/mol. The van der Waals surface area contributed by atoms with E-state index in [1.165, 1.54) is 4.52 Å². The molecule has 2 aromatic heterocycles. The standard InChI is InChI=1S/C29H36N5O4.C4H8NO.Co.O/c1-7-29(10-11-29)37-16-31-21-14-20(8-9-23(21)36-6)26-32-27-24(22(30-5)15-34(27)33-26)28(35)38-25-18(3)12-17(2)13-19(25)4;1-3-6-4-2-5-1;;/h8-9,14,17-19,25,31H,7,10-13,16H2,1-4,6H3,(H,32,33);1-4H2;;/q;-1;+1;. The number of nitrogens with zero attached hydrogens (tertiary/aromatic N) is 4. The first-order valence-electron chi connectivity index (χ1n) is 16.1. The molecule has 2 unspecified atom stereocenters. The van der Waals surface area contributed by atoms with E-state index < -0.39 is 19.8 Å². The van der Waals surface area contributed by atoms with Crippen molar-refractivity contribution < 1.29 is 41.4 Å². The number of nitrogens with one attached hydrogen (secondary N) is 2. The Labute approximate surface area is 274 Å². The molecule has 46 heavy (non-hydrogen) atoms. The minimum absolute atomic E-state index is 0.00504. The molecule has 0 bridgehead atoms. The molecule has 3 aromatic rings. The molecule has 6 rings (SSSR count). The van der Waals surface area contributed by atoms with Gasteiger partial charge in [-0.25, -0.2) is 0 Å². The molecule has 3 fully saturated rings. The van der Waals surface area contributed by atoms with Crippen LogP contribution >= 0.6 is 0 Å². The number of methoxy groups -OCH3 is 1. The van der Waals surface area contributed by atoms with E-state index in [1.54, 1.807) is 11.1 Å². The molecule has 251 valence electrons. The van der Waals surface area contributed by atoms with E-state index in [2.05, 4.69) is 42.8 Å². The normalized spacial score (nSPS) is 24.7. The second-order valence-electron chi connectivity index (χ2n) is 12.9. The Bertz CT molecular complexity index is 1640. The van der Waals surface area contributed by atoms with Gasteiger partial charge in [0.15, 0.2) is 0 Å². The second kappa shape index (κ2) is 13.4. The molecule has 1 aliphatic heterocycles. The van der Waals surface area contributed by atoms with Gasteiger partial charge in [0.05, 0.1) is 0 Å². The summed E-state index contributed by atoms with van der Waals surface area (Å²) in [6.07, 6.45) is 4.73. The Hall–Kier alpha value is -3.28. The van der Waals surface area contributed by atoms with Gasteiger partial charge in [0.2, 0.25) is 0 Å². The fourth-order valence-electron chi connectivity index (χ4n) is 6.88. The molecule has 2 atom stereocenters. The summed E-state index contributed by atoms with van der Waals surface area (Å²) < 4.78 is 40.9. The van der Waals surface area contributed by atoms with E-state index in [0.717, 1.165) is 37.8 Å². The number of esters is 1. The van der Waals surface area contributed by atoms with Crippen molar-refractivity contribution in [1.29, 1.82) is 0 Å². The fourth-order valence-corrected chi connectivity index (χ4v) is 8.56. The first kappa shape index (κ1) is 32.6. The molecular formula is C33H44CoN6O6. The Morgan fingerprint density at radius 2 is 1.93 bits per heavy atom. The maximum atomic E-state index is 14.1. The Morgan fingerprint density at radius 1 is 1.22 bits per heavy atom. The number of hydrogen-bond acceptors (Lipinski definition) is 8. The first-order valence-corrected chi connectivity index (χ1v) is 17.5. The maximum absolute atomic E-state index is 14.1. The summed E-state index contributed by atoms with van der Waals surface area (Å²) >= 11 is -2.21. The quantitative estimate of drug-likeness (QED) is 0.158. The molecule has 1 saturated heterocycles. The van der Waals surface area contributed by atoms with Crippen LogP contribution in [0.5, 0.6) is 5.75 Å². The third-order valence-corrected chi connectivity index (χ3v) is 11.5. The number of fused-ring (bicyclic) bond motifs is 1. The molecule has 3 heterocycles. The minimum atomic E-state index is -2.21. The molecule has 0 amide bonds. The van der Waals surface area contributed by atoms with Crippen LogP contribution in [0, 0.1) is 24.3 Å². The number of hydrogen-bond donors (Lipinski definition) is 2. The van der Waals surface area contributed by atoms with E-state index in [9.17, 15) is 8.66 Å². The van der Waals surface area contributed by atoms with Crippen molar-refractivity contribution in [2.75, 3.05) is 45.5 Å². The van der Waals surface area contributed by atoms with Crippen LogP contribution in [0.2, 0.25) is 0 Å². The number of H-pyrrole nitrogens is 1. The van der Waals surface area contributed by atoms with Crippen LogP contribution in [0.4, 0.5) is 11.4 Å². The number of aromatic amines is 1. The van der Waals surface area contributed by atoms with Crippen LogP contribution in [0.1, 0.15) is 70.2 Å². The van der Waals surface area contributed by atoms with Gasteiger partial charge in [-0.2, -0.15) is 0 Å². The third-order valence-electron chi connectivity index (χ3n) is 9.54. The van der Waals surface area contributed by atoms with Crippen molar-refractivity contribution >= 4 is 27.6 Å². The van der Waals surface area contributed by atoms with E-state index >= 15 is 0 Å². The summed E-state index contributed by atoms with van der Waals surface area (Å²) in [5.74, 6) is 1.40. The third kappa shape index (κ3) is 6.33. The van der Waals surface area contributed by atoms with Crippen molar-refractivity contribution in [2.45, 2.75) is 71.5 Å². The predicted molar refractivity (Wildman–Crippen MR) is 168 cm³/mol. The molecule has 13 heteroatoms. The van der Waals surface area contributed by atoms with E-state index in [0.29, 0.717) is 56.1 Å². The van der Waals surface area contributed by atoms with Gasteiger partial charge >= 0.3 is 268 Å². The fraction of sp³-hybridized carbons (Fsp3) is 0.606. The molecule has 1 aromatic carbocycles. The molecule has 3 aliphatic rings. The molecule has 12 nitrogen and oxygen atoms in total. The summed E-state index contributed by atoms with van der Waals surface area (Å²) in [5.41, 5.74) is 1.75. The van der Waals surface area contributed by atoms with Gasteiger partial charge in [0.25, 0.3) is 0 Å². The molecule has 0 radical (unpaired) electrons. The van der Waals surface area contributed by atoms with E-state index in [-0.39, 0.29) is 45.1 Å². The first-order chi connectivity index (χ1) is 22.2. The summed E-state index contributed by atoms with van der Waals surface area (Å²) in [7, 11) is 1.61. The van der Waals surface area contributed by atoms with Crippen LogP contribution in [-0.4, -0.2) is 76.4 Å². The predicted octanol–water partition coefficient (Wildman–Crippen LogP) is 5.28. The number of rotatable bonds is 11. The van der Waals surface area contributed by atoms with Gasteiger partial charge in [-0.15, -0.1) is 0 Å². The molecule has 2 N–H and O–H groups in total. The van der Waals surface area contributed by atoms with Gasteiger partial charge in [0, 0.05) is 0 Å². The molecule has 0 spiro atoms. The van der Waals surface area contributed by atoms with Gasteiger partial charge in [-0.1, -0.05) is 6.92 Å². The van der Waals surface area contributed by atoms with Crippen molar-refractivity contribution in [3.63, 3.8) is 0 Å². The van der Waals surface area contributed by atoms with E-state index in [1.807, 2.05) is 18.2 Å². The van der Waals surface area contributed by atoms with Crippen LogP contribution < -0.4 is 14.7 Å². The number of morpholine rings is 1. The summed E-state index contributed by atoms with van der Waals surface area (Å²) in [6.45, 7) is 18.8. The topological polar surface area (TPSA) is 124 Å². The number of anilines is 1. The summed E-state index contributed by atoms with van der Waals surface area (Å²) in [4.78, 5) is 21.0.